The van der Waals surface area contributed by atoms with Gasteiger partial charge in [-0.15, -0.1) is 11.6 Å². The molecule has 1 amide bonds. The van der Waals surface area contributed by atoms with Gasteiger partial charge in [-0.1, -0.05) is 11.6 Å². The second-order valence-electron chi connectivity index (χ2n) is 4.82. The molecule has 1 atom stereocenters. The van der Waals surface area contributed by atoms with Gasteiger partial charge in [0.1, 0.15) is 17.7 Å². The molecule has 0 N–H and O–H groups in total. The molecule has 0 saturated carbocycles. The van der Waals surface area contributed by atoms with Crippen molar-refractivity contribution >= 4 is 40.1 Å². The minimum absolute atomic E-state index is 0.00623. The molecule has 0 bridgehead atoms. The number of hydrogen-bond donors (Lipinski definition) is 0. The first-order valence-electron chi connectivity index (χ1n) is 6.57. The average molecular weight is 332 g/mol. The van der Waals surface area contributed by atoms with Crippen molar-refractivity contribution in [3.8, 4) is 0 Å². The van der Waals surface area contributed by atoms with E-state index in [9.17, 15) is 9.18 Å². The Labute approximate surface area is 132 Å². The highest BCUT2D eigenvalue weighted by molar-refractivity contribution is 6.31. The fraction of sp³-hybridized carbons (Fsp3) is 0.429. The number of fused-ring (bicyclic) bond motifs is 1. The van der Waals surface area contributed by atoms with Crippen LogP contribution in [0.4, 0.5) is 4.39 Å². The van der Waals surface area contributed by atoms with Gasteiger partial charge in [0.2, 0.25) is 5.91 Å². The molecule has 0 fully saturated rings. The summed E-state index contributed by atoms with van der Waals surface area (Å²) in [5.41, 5.74) is 1.04. The number of nitrogens with zero attached hydrogens (tertiary/aromatic N) is 3. The monoisotopic (exact) mass is 331 g/mol. The van der Waals surface area contributed by atoms with Crippen LogP contribution in [-0.4, -0.2) is 34.0 Å². The Balaban J connectivity index is 2.61. The van der Waals surface area contributed by atoms with E-state index >= 15 is 0 Å². The Hall–Kier alpha value is -1.33. The second-order valence-corrected chi connectivity index (χ2v) is 5.49. The number of hydrogen-bond acceptors (Lipinski definition) is 2. The van der Waals surface area contributed by atoms with Crippen molar-refractivity contribution in [2.45, 2.75) is 25.8 Å². The van der Waals surface area contributed by atoms with E-state index in [4.69, 9.17) is 23.2 Å². The topological polar surface area (TPSA) is 38.1 Å². The Morgan fingerprint density at radius 1 is 1.52 bits per heavy atom. The van der Waals surface area contributed by atoms with Crippen LogP contribution >= 0.6 is 23.2 Å². The molecule has 0 spiro atoms. The minimum Gasteiger partial charge on any atom is -0.344 e. The van der Waals surface area contributed by atoms with E-state index in [1.165, 1.54) is 12.1 Å². The first-order valence-corrected chi connectivity index (χ1v) is 7.48. The number of imidazole rings is 1. The normalized spacial score (nSPS) is 12.7. The number of benzene rings is 1. The molecule has 0 aliphatic heterocycles. The van der Waals surface area contributed by atoms with Crippen molar-refractivity contribution < 1.29 is 9.18 Å². The van der Waals surface area contributed by atoms with Crippen LogP contribution in [0.3, 0.4) is 0 Å². The number of alkyl halides is 1. The zero-order valence-corrected chi connectivity index (χ0v) is 13.5. The molecule has 0 aliphatic carbocycles. The third kappa shape index (κ3) is 2.85. The highest BCUT2D eigenvalue weighted by Crippen LogP contribution is 2.28. The van der Waals surface area contributed by atoms with Gasteiger partial charge in [0.05, 0.1) is 21.9 Å². The fourth-order valence-electron chi connectivity index (χ4n) is 2.25. The molecule has 21 heavy (non-hydrogen) atoms. The lowest BCUT2D eigenvalue weighted by Crippen LogP contribution is -2.33. The maximum atomic E-state index is 13.5. The van der Waals surface area contributed by atoms with Gasteiger partial charge in [0, 0.05) is 19.7 Å². The molecule has 2 rings (SSSR count). The van der Waals surface area contributed by atoms with Gasteiger partial charge in [-0.25, -0.2) is 9.37 Å². The van der Waals surface area contributed by atoms with E-state index in [-0.39, 0.29) is 16.8 Å². The van der Waals surface area contributed by atoms with Crippen LogP contribution in [0.1, 0.15) is 25.7 Å². The first-order chi connectivity index (χ1) is 9.90. The smallest absolute Gasteiger partial charge is 0.245 e. The molecule has 1 heterocycles. The van der Waals surface area contributed by atoms with Gasteiger partial charge in [0.15, 0.2) is 0 Å². The van der Waals surface area contributed by atoms with Crippen molar-refractivity contribution in [2.75, 3.05) is 13.6 Å². The maximum absolute atomic E-state index is 13.5. The predicted octanol–water partition coefficient (Wildman–Crippen LogP) is 3.61. The lowest BCUT2D eigenvalue weighted by atomic mass is 10.2. The second kappa shape index (κ2) is 6.20. The number of amides is 1. The van der Waals surface area contributed by atoms with E-state index in [0.717, 1.165) is 0 Å². The summed E-state index contributed by atoms with van der Waals surface area (Å²) in [5, 5.41) is -0.00623. The molecule has 0 radical (unpaired) electrons. The molecule has 1 aromatic heterocycles. The summed E-state index contributed by atoms with van der Waals surface area (Å²) in [5.74, 6) is 0.0309. The van der Waals surface area contributed by atoms with Crippen molar-refractivity contribution in [3.63, 3.8) is 0 Å². The molecule has 4 nitrogen and oxygen atoms in total. The Morgan fingerprint density at radius 3 is 2.76 bits per heavy atom. The molecule has 1 aromatic carbocycles. The Kier molecular flexibility index (Phi) is 4.74. The van der Waals surface area contributed by atoms with Crippen LogP contribution in [-0.2, 0) is 10.7 Å². The van der Waals surface area contributed by atoms with Gasteiger partial charge < -0.3 is 9.47 Å². The summed E-state index contributed by atoms with van der Waals surface area (Å²) in [6.45, 7) is 4.26. The Morgan fingerprint density at radius 2 is 2.19 bits per heavy atom. The molecule has 0 saturated heterocycles. The Bertz CT molecular complexity index is 686. The van der Waals surface area contributed by atoms with Gasteiger partial charge >= 0.3 is 0 Å². The molecule has 2 aromatic rings. The van der Waals surface area contributed by atoms with E-state index in [0.29, 0.717) is 23.4 Å². The van der Waals surface area contributed by atoms with E-state index in [2.05, 4.69) is 4.98 Å². The minimum atomic E-state index is -0.542. The zero-order valence-electron chi connectivity index (χ0n) is 12.0. The van der Waals surface area contributed by atoms with Crippen LogP contribution in [0.25, 0.3) is 11.0 Å². The molecule has 0 aliphatic rings. The third-order valence-electron chi connectivity index (χ3n) is 3.52. The van der Waals surface area contributed by atoms with Crippen LogP contribution in [0.15, 0.2) is 12.1 Å². The van der Waals surface area contributed by atoms with Crippen LogP contribution < -0.4 is 0 Å². The largest absolute Gasteiger partial charge is 0.344 e. The summed E-state index contributed by atoms with van der Waals surface area (Å²) >= 11 is 11.8. The summed E-state index contributed by atoms with van der Waals surface area (Å²) in [6.07, 6.45) is 0. The van der Waals surface area contributed by atoms with Gasteiger partial charge in [-0.05, 0) is 19.9 Å². The van der Waals surface area contributed by atoms with Crippen LogP contribution in [0.5, 0.6) is 0 Å². The summed E-state index contributed by atoms with van der Waals surface area (Å²) in [6, 6.07) is 2.24. The van der Waals surface area contributed by atoms with Crippen LogP contribution in [0.2, 0.25) is 5.02 Å². The summed E-state index contributed by atoms with van der Waals surface area (Å²) in [7, 11) is 1.73. The third-order valence-corrected chi connectivity index (χ3v) is 4.05. The number of aromatic nitrogens is 2. The molecule has 7 heteroatoms. The van der Waals surface area contributed by atoms with Crippen molar-refractivity contribution in [3.05, 3.63) is 28.8 Å². The number of carbonyl (C=O) groups excluding carboxylic acids is 1. The SMILES string of the molecule is CCN(C)C(=O)C(C)n1c(CCl)nc2cc(F)c(Cl)cc21. The first kappa shape index (κ1) is 16.0. The van der Waals surface area contributed by atoms with Crippen LogP contribution in [0, 0.1) is 5.82 Å². The molecule has 114 valence electrons. The summed E-state index contributed by atoms with van der Waals surface area (Å²) in [4.78, 5) is 18.3. The lowest BCUT2D eigenvalue weighted by molar-refractivity contribution is -0.132. The van der Waals surface area contributed by atoms with Gasteiger partial charge in [-0.2, -0.15) is 0 Å². The van der Waals surface area contributed by atoms with Gasteiger partial charge in [-0.3, -0.25) is 4.79 Å². The highest BCUT2D eigenvalue weighted by atomic mass is 35.5. The van der Waals surface area contributed by atoms with Crippen molar-refractivity contribution in [2.24, 2.45) is 0 Å². The predicted molar refractivity (Wildman–Crippen MR) is 82.3 cm³/mol. The number of rotatable bonds is 4. The summed E-state index contributed by atoms with van der Waals surface area (Å²) < 4.78 is 15.3. The lowest BCUT2D eigenvalue weighted by Gasteiger charge is -2.22. The average Bonchev–Trinajstić information content (AvgIpc) is 2.82. The highest BCUT2D eigenvalue weighted by Gasteiger charge is 2.24. The zero-order chi connectivity index (χ0) is 15.7. The van der Waals surface area contributed by atoms with E-state index in [1.54, 1.807) is 23.4 Å². The molecule has 1 unspecified atom stereocenters. The molecular formula is C14H16Cl2FN3O. The van der Waals surface area contributed by atoms with E-state index < -0.39 is 11.9 Å². The number of likely N-dealkylation sites (N-methyl/N-ethyl adjacent to an activating group) is 1. The number of halogens is 3. The molecular weight excluding hydrogens is 316 g/mol. The quantitative estimate of drug-likeness (QED) is 0.802. The standard InChI is InChI=1S/C14H16Cl2FN3O/c1-4-19(3)14(21)8(2)20-12-5-9(16)10(17)6-11(12)18-13(20)7-15/h5-6,8H,4,7H2,1-3H3. The number of carbonyl (C=O) groups is 1. The van der Waals surface area contributed by atoms with Crippen molar-refractivity contribution in [1.29, 1.82) is 0 Å². The fourth-order valence-corrected chi connectivity index (χ4v) is 2.60. The van der Waals surface area contributed by atoms with Gasteiger partial charge in [0.25, 0.3) is 0 Å². The maximum Gasteiger partial charge on any atom is 0.245 e. The van der Waals surface area contributed by atoms with E-state index in [1.807, 2.05) is 6.92 Å². The van der Waals surface area contributed by atoms with Crippen molar-refractivity contribution in [1.82, 2.24) is 14.5 Å².